The molecule has 0 atom stereocenters. The fourth-order valence-electron chi connectivity index (χ4n) is 3.06. The number of sulfonamides is 1. The molecular weight excluding hydrogens is 424 g/mol. The topological polar surface area (TPSA) is 93.7 Å². The lowest BCUT2D eigenvalue weighted by Crippen LogP contribution is -2.41. The first-order chi connectivity index (χ1) is 14.2. The van der Waals surface area contributed by atoms with Crippen molar-refractivity contribution in [2.24, 2.45) is 0 Å². The van der Waals surface area contributed by atoms with E-state index in [-0.39, 0.29) is 16.9 Å². The zero-order valence-corrected chi connectivity index (χ0v) is 18.0. The number of fused-ring (bicyclic) bond motifs is 1. The molecule has 2 aromatic carbocycles. The predicted octanol–water partition coefficient (Wildman–Crippen LogP) is 3.94. The predicted molar refractivity (Wildman–Crippen MR) is 115 cm³/mol. The quantitative estimate of drug-likeness (QED) is 0.601. The van der Waals surface area contributed by atoms with E-state index in [0.717, 1.165) is 16.9 Å². The first-order valence-corrected chi connectivity index (χ1v) is 11.5. The van der Waals surface area contributed by atoms with E-state index in [1.165, 1.54) is 12.1 Å². The van der Waals surface area contributed by atoms with E-state index in [9.17, 15) is 13.2 Å². The maximum Gasteiger partial charge on any atom is 0.271 e. The number of amides is 1. The van der Waals surface area contributed by atoms with Gasteiger partial charge < -0.3 is 14.8 Å². The van der Waals surface area contributed by atoms with E-state index >= 15 is 0 Å². The van der Waals surface area contributed by atoms with E-state index in [0.29, 0.717) is 22.7 Å². The van der Waals surface area contributed by atoms with Gasteiger partial charge in [-0.1, -0.05) is 18.2 Å². The summed E-state index contributed by atoms with van der Waals surface area (Å²) in [6.45, 7) is 3.94. The standard InChI is InChI=1S/C21H20N2O5S2/c1-21(2,15-8-9-17-18(12-15)28-13-27-17)22-20(24)14-5-3-6-16(11-14)23-30(25,26)19-7-4-10-29-19/h3-12,23H,13H2,1-2H3,(H,22,24). The van der Waals surface area contributed by atoms with Crippen LogP contribution < -0.4 is 19.5 Å². The molecule has 0 aliphatic carbocycles. The number of hydrogen-bond acceptors (Lipinski definition) is 6. The van der Waals surface area contributed by atoms with Gasteiger partial charge in [-0.15, -0.1) is 11.3 Å². The first-order valence-electron chi connectivity index (χ1n) is 9.14. The van der Waals surface area contributed by atoms with Crippen LogP contribution in [-0.2, 0) is 15.6 Å². The number of anilines is 1. The minimum absolute atomic E-state index is 0.180. The summed E-state index contributed by atoms with van der Waals surface area (Å²) in [5.41, 5.74) is 0.826. The molecule has 0 spiro atoms. The smallest absolute Gasteiger partial charge is 0.271 e. The number of rotatable bonds is 6. The molecule has 0 radical (unpaired) electrons. The summed E-state index contributed by atoms with van der Waals surface area (Å²) in [4.78, 5) is 12.9. The largest absolute Gasteiger partial charge is 0.454 e. The molecule has 1 aliphatic heterocycles. The number of hydrogen-bond donors (Lipinski definition) is 2. The SMILES string of the molecule is CC(C)(NC(=O)c1cccc(NS(=O)(=O)c2cccs2)c1)c1ccc2c(c1)OCO2. The molecule has 2 N–H and O–H groups in total. The van der Waals surface area contributed by atoms with Crippen LogP contribution in [0.25, 0.3) is 0 Å². The maximum atomic E-state index is 12.9. The zero-order valence-electron chi connectivity index (χ0n) is 16.3. The molecule has 30 heavy (non-hydrogen) atoms. The Bertz CT molecular complexity index is 1190. The van der Waals surface area contributed by atoms with Gasteiger partial charge in [0.25, 0.3) is 15.9 Å². The molecular formula is C21H20N2O5S2. The second-order valence-corrected chi connectivity index (χ2v) is 10.1. The van der Waals surface area contributed by atoms with Gasteiger partial charge in [0, 0.05) is 11.3 Å². The van der Waals surface area contributed by atoms with Gasteiger partial charge in [-0.2, -0.15) is 0 Å². The monoisotopic (exact) mass is 444 g/mol. The highest BCUT2D eigenvalue weighted by atomic mass is 32.2. The first kappa shape index (κ1) is 20.2. The van der Waals surface area contributed by atoms with Gasteiger partial charge in [0.15, 0.2) is 11.5 Å². The lowest BCUT2D eigenvalue weighted by molar-refractivity contribution is 0.0912. The Hall–Kier alpha value is -3.04. The number of carbonyl (C=O) groups excluding carboxylic acids is 1. The van der Waals surface area contributed by atoms with Gasteiger partial charge >= 0.3 is 0 Å². The van der Waals surface area contributed by atoms with Crippen LogP contribution in [-0.4, -0.2) is 21.1 Å². The molecule has 156 valence electrons. The molecule has 4 rings (SSSR count). The molecule has 0 bridgehead atoms. The highest BCUT2D eigenvalue weighted by Crippen LogP contribution is 2.35. The minimum atomic E-state index is -3.69. The van der Waals surface area contributed by atoms with Crippen LogP contribution in [0, 0.1) is 0 Å². The van der Waals surface area contributed by atoms with Crippen LogP contribution in [0.5, 0.6) is 11.5 Å². The van der Waals surface area contributed by atoms with E-state index in [1.807, 2.05) is 32.0 Å². The van der Waals surface area contributed by atoms with E-state index in [1.54, 1.807) is 29.6 Å². The van der Waals surface area contributed by atoms with Crippen LogP contribution in [0.2, 0.25) is 0 Å². The van der Waals surface area contributed by atoms with Crippen molar-refractivity contribution in [2.75, 3.05) is 11.5 Å². The van der Waals surface area contributed by atoms with E-state index in [4.69, 9.17) is 9.47 Å². The second-order valence-electron chi connectivity index (χ2n) is 7.27. The summed E-state index contributed by atoms with van der Waals surface area (Å²) >= 11 is 1.12. The summed E-state index contributed by atoms with van der Waals surface area (Å²) in [6, 6.07) is 15.1. The molecule has 1 aromatic heterocycles. The van der Waals surface area contributed by atoms with E-state index in [2.05, 4.69) is 10.0 Å². The van der Waals surface area contributed by atoms with Crippen molar-refractivity contribution in [2.45, 2.75) is 23.6 Å². The Labute approximate surface area is 178 Å². The number of benzene rings is 2. The Morgan fingerprint density at radius 3 is 2.60 bits per heavy atom. The van der Waals surface area contributed by atoms with Crippen LogP contribution in [0.15, 0.2) is 64.2 Å². The lowest BCUT2D eigenvalue weighted by atomic mass is 9.93. The summed E-state index contributed by atoms with van der Waals surface area (Å²) in [7, 11) is -3.69. The molecule has 0 unspecified atom stereocenters. The summed E-state index contributed by atoms with van der Waals surface area (Å²) in [5, 5.41) is 4.68. The van der Waals surface area contributed by atoms with Crippen molar-refractivity contribution in [3.8, 4) is 11.5 Å². The van der Waals surface area contributed by atoms with Crippen molar-refractivity contribution >= 4 is 33.0 Å². The second kappa shape index (κ2) is 7.66. The Kier molecular flexibility index (Phi) is 5.17. The lowest BCUT2D eigenvalue weighted by Gasteiger charge is -2.27. The van der Waals surface area contributed by atoms with Gasteiger partial charge in [0.2, 0.25) is 6.79 Å². The van der Waals surface area contributed by atoms with E-state index < -0.39 is 15.6 Å². The number of ether oxygens (including phenoxy) is 2. The van der Waals surface area contributed by atoms with Crippen molar-refractivity contribution in [3.63, 3.8) is 0 Å². The highest BCUT2D eigenvalue weighted by Gasteiger charge is 2.26. The van der Waals surface area contributed by atoms with Crippen LogP contribution in [0.3, 0.4) is 0 Å². The fourth-order valence-corrected chi connectivity index (χ4v) is 5.10. The van der Waals surface area contributed by atoms with Crippen LogP contribution in [0.1, 0.15) is 29.8 Å². The molecule has 1 aliphatic rings. The van der Waals surface area contributed by atoms with Crippen molar-refractivity contribution in [1.29, 1.82) is 0 Å². The molecule has 0 saturated carbocycles. The number of carbonyl (C=O) groups is 1. The third kappa shape index (κ3) is 4.12. The Balaban J connectivity index is 1.51. The van der Waals surface area contributed by atoms with Gasteiger partial charge in [0.1, 0.15) is 4.21 Å². The van der Waals surface area contributed by atoms with Gasteiger partial charge in [-0.05, 0) is 61.2 Å². The molecule has 1 amide bonds. The number of nitrogens with one attached hydrogen (secondary N) is 2. The average Bonchev–Trinajstić information content (AvgIpc) is 3.39. The average molecular weight is 445 g/mol. The normalized spacial score (nSPS) is 13.1. The van der Waals surface area contributed by atoms with Crippen LogP contribution >= 0.6 is 11.3 Å². The minimum Gasteiger partial charge on any atom is -0.454 e. The molecule has 3 aromatic rings. The molecule has 0 fully saturated rings. The zero-order chi connectivity index (χ0) is 21.4. The van der Waals surface area contributed by atoms with Gasteiger partial charge in [-0.25, -0.2) is 8.42 Å². The van der Waals surface area contributed by atoms with Gasteiger partial charge in [0.05, 0.1) is 5.54 Å². The Morgan fingerprint density at radius 2 is 1.83 bits per heavy atom. The number of thiophene rings is 1. The summed E-state index contributed by atoms with van der Waals surface area (Å²) < 4.78 is 38.3. The highest BCUT2D eigenvalue weighted by molar-refractivity contribution is 7.94. The molecule has 9 heteroatoms. The molecule has 2 heterocycles. The third-order valence-electron chi connectivity index (χ3n) is 4.66. The van der Waals surface area contributed by atoms with Crippen LogP contribution in [0.4, 0.5) is 5.69 Å². The molecule has 0 saturated heterocycles. The van der Waals surface area contributed by atoms with Crippen molar-refractivity contribution in [3.05, 3.63) is 71.1 Å². The molecule has 7 nitrogen and oxygen atoms in total. The Morgan fingerprint density at radius 1 is 1.03 bits per heavy atom. The van der Waals surface area contributed by atoms with Gasteiger partial charge in [-0.3, -0.25) is 9.52 Å². The third-order valence-corrected chi connectivity index (χ3v) is 7.44. The van der Waals surface area contributed by atoms with Crippen molar-refractivity contribution < 1.29 is 22.7 Å². The van der Waals surface area contributed by atoms with Crippen molar-refractivity contribution in [1.82, 2.24) is 5.32 Å². The summed E-state index contributed by atoms with van der Waals surface area (Å²) in [5.74, 6) is 0.987. The maximum absolute atomic E-state index is 12.9. The summed E-state index contributed by atoms with van der Waals surface area (Å²) in [6.07, 6.45) is 0. The fraction of sp³-hybridized carbons (Fsp3) is 0.190.